The summed E-state index contributed by atoms with van der Waals surface area (Å²) < 4.78 is 1.30. The van der Waals surface area contributed by atoms with Gasteiger partial charge >= 0.3 is 5.97 Å². The highest BCUT2D eigenvalue weighted by atomic mass is 16.4. The lowest BCUT2D eigenvalue weighted by atomic mass is 10.0. The van der Waals surface area contributed by atoms with Gasteiger partial charge in [0, 0.05) is 6.54 Å². The van der Waals surface area contributed by atoms with Gasteiger partial charge in [-0.25, -0.2) is 4.79 Å². The van der Waals surface area contributed by atoms with Crippen LogP contribution in [0.3, 0.4) is 0 Å². The van der Waals surface area contributed by atoms with Crippen LogP contribution in [0.2, 0.25) is 0 Å². The second kappa shape index (κ2) is 5.93. The van der Waals surface area contributed by atoms with E-state index >= 15 is 0 Å². The van der Waals surface area contributed by atoms with Gasteiger partial charge in [-0.05, 0) is 48.7 Å². The lowest BCUT2D eigenvalue weighted by Gasteiger charge is -2.14. The van der Waals surface area contributed by atoms with E-state index in [0.717, 1.165) is 16.7 Å². The van der Waals surface area contributed by atoms with Gasteiger partial charge in [0.1, 0.15) is 5.56 Å². The third-order valence-electron chi connectivity index (χ3n) is 3.53. The molecule has 0 unspecified atom stereocenters. The van der Waals surface area contributed by atoms with Crippen LogP contribution in [-0.2, 0) is 6.54 Å². The topological polar surface area (TPSA) is 79.5 Å². The molecule has 0 spiro atoms. The number of benzene rings is 1. The number of hydrogen-bond donors (Lipinski definition) is 2. The molecule has 1 aromatic heterocycles. The van der Waals surface area contributed by atoms with E-state index in [0.29, 0.717) is 5.69 Å². The molecule has 110 valence electrons. The summed E-state index contributed by atoms with van der Waals surface area (Å²) in [6, 6.07) is 8.68. The second-order valence-electron chi connectivity index (χ2n) is 4.92. The van der Waals surface area contributed by atoms with E-state index in [1.807, 2.05) is 32.0 Å². The number of aliphatic hydroxyl groups is 1. The Labute approximate surface area is 122 Å². The number of nitrogens with zero attached hydrogens (tertiary/aromatic N) is 1. The Hall–Kier alpha value is -2.40. The van der Waals surface area contributed by atoms with Crippen molar-refractivity contribution in [3.63, 3.8) is 0 Å². The van der Waals surface area contributed by atoms with Gasteiger partial charge in [-0.15, -0.1) is 0 Å². The number of hydrogen-bond acceptors (Lipinski definition) is 3. The summed E-state index contributed by atoms with van der Waals surface area (Å²) in [5.41, 5.74) is 2.74. The predicted molar refractivity (Wildman–Crippen MR) is 79.7 cm³/mol. The van der Waals surface area contributed by atoms with Crippen molar-refractivity contribution in [1.82, 2.24) is 4.57 Å². The molecule has 2 aromatic rings. The summed E-state index contributed by atoms with van der Waals surface area (Å²) in [5.74, 6) is -1.27. The minimum Gasteiger partial charge on any atom is -0.477 e. The fourth-order valence-electron chi connectivity index (χ4n) is 2.22. The third kappa shape index (κ3) is 2.87. The van der Waals surface area contributed by atoms with Gasteiger partial charge in [0.2, 0.25) is 0 Å². The van der Waals surface area contributed by atoms with E-state index in [1.54, 1.807) is 6.07 Å². The molecule has 2 rings (SSSR count). The lowest BCUT2D eigenvalue weighted by Crippen LogP contribution is -2.28. The maximum Gasteiger partial charge on any atom is 0.341 e. The van der Waals surface area contributed by atoms with E-state index in [2.05, 4.69) is 0 Å². The molecule has 0 aliphatic rings. The molecule has 1 aromatic carbocycles. The lowest BCUT2D eigenvalue weighted by molar-refractivity contribution is 0.0694. The molecule has 0 bridgehead atoms. The van der Waals surface area contributed by atoms with E-state index in [9.17, 15) is 9.59 Å². The quantitative estimate of drug-likeness (QED) is 0.899. The molecule has 0 fully saturated rings. The van der Waals surface area contributed by atoms with Crippen molar-refractivity contribution in [3.8, 4) is 11.3 Å². The number of rotatable bonds is 4. The van der Waals surface area contributed by atoms with Gasteiger partial charge in [0.15, 0.2) is 0 Å². The number of carboxylic acids is 1. The Kier molecular flexibility index (Phi) is 4.23. The zero-order valence-electron chi connectivity index (χ0n) is 12.0. The zero-order valence-corrected chi connectivity index (χ0v) is 12.0. The van der Waals surface area contributed by atoms with E-state index in [4.69, 9.17) is 10.2 Å². The number of pyridine rings is 1. The van der Waals surface area contributed by atoms with Crippen molar-refractivity contribution in [2.75, 3.05) is 6.61 Å². The maximum absolute atomic E-state index is 12.2. The van der Waals surface area contributed by atoms with E-state index in [1.165, 1.54) is 10.6 Å². The largest absolute Gasteiger partial charge is 0.477 e. The number of carboxylic acid groups (broad SMARTS) is 1. The van der Waals surface area contributed by atoms with Crippen LogP contribution in [0.15, 0.2) is 35.1 Å². The average molecular weight is 287 g/mol. The van der Waals surface area contributed by atoms with Crippen LogP contribution in [0.4, 0.5) is 0 Å². The van der Waals surface area contributed by atoms with Crippen LogP contribution >= 0.6 is 0 Å². The van der Waals surface area contributed by atoms with Crippen LogP contribution in [0, 0.1) is 13.8 Å². The first-order chi connectivity index (χ1) is 9.95. The summed E-state index contributed by atoms with van der Waals surface area (Å²) in [7, 11) is 0. The summed E-state index contributed by atoms with van der Waals surface area (Å²) in [5, 5.41) is 18.2. The molecule has 0 aliphatic carbocycles. The number of carbonyl (C=O) groups is 1. The van der Waals surface area contributed by atoms with Crippen molar-refractivity contribution in [2.24, 2.45) is 0 Å². The molecule has 21 heavy (non-hydrogen) atoms. The Morgan fingerprint density at radius 2 is 1.86 bits per heavy atom. The van der Waals surface area contributed by atoms with Crippen molar-refractivity contribution in [1.29, 1.82) is 0 Å². The van der Waals surface area contributed by atoms with Crippen LogP contribution in [0.1, 0.15) is 21.5 Å². The monoisotopic (exact) mass is 287 g/mol. The van der Waals surface area contributed by atoms with Crippen molar-refractivity contribution in [2.45, 2.75) is 20.4 Å². The molecule has 1 heterocycles. The minimum absolute atomic E-state index is 0.0577. The number of aromatic nitrogens is 1. The summed E-state index contributed by atoms with van der Waals surface area (Å²) in [6.07, 6.45) is 0. The molecule has 5 heteroatoms. The van der Waals surface area contributed by atoms with Crippen LogP contribution < -0.4 is 5.56 Å². The van der Waals surface area contributed by atoms with Crippen molar-refractivity contribution < 1.29 is 15.0 Å². The summed E-state index contributed by atoms with van der Waals surface area (Å²) in [6.45, 7) is 3.79. The molecule has 0 saturated heterocycles. The summed E-state index contributed by atoms with van der Waals surface area (Å²) >= 11 is 0. The van der Waals surface area contributed by atoms with Crippen molar-refractivity contribution in [3.05, 3.63) is 57.4 Å². The fourth-order valence-corrected chi connectivity index (χ4v) is 2.22. The second-order valence-corrected chi connectivity index (χ2v) is 4.92. The molecule has 0 amide bonds. The van der Waals surface area contributed by atoms with Gasteiger partial charge in [-0.3, -0.25) is 4.79 Å². The Balaban J connectivity index is 2.68. The van der Waals surface area contributed by atoms with Gasteiger partial charge in [0.25, 0.3) is 5.56 Å². The normalized spacial score (nSPS) is 10.6. The smallest absolute Gasteiger partial charge is 0.341 e. The summed E-state index contributed by atoms with van der Waals surface area (Å²) in [4.78, 5) is 23.3. The van der Waals surface area contributed by atoms with E-state index in [-0.39, 0.29) is 18.7 Å². The highest BCUT2D eigenvalue weighted by molar-refractivity contribution is 5.87. The highest BCUT2D eigenvalue weighted by Gasteiger charge is 2.15. The first kappa shape index (κ1) is 15.0. The highest BCUT2D eigenvalue weighted by Crippen LogP contribution is 2.21. The van der Waals surface area contributed by atoms with Crippen LogP contribution in [0.5, 0.6) is 0 Å². The molecule has 0 radical (unpaired) electrons. The zero-order chi connectivity index (χ0) is 15.6. The number of aryl methyl sites for hydroxylation is 2. The minimum atomic E-state index is -1.27. The predicted octanol–water partition coefficient (Wildman–Crippen LogP) is 1.82. The molecular formula is C16H17NO4. The molecule has 0 saturated carbocycles. The van der Waals surface area contributed by atoms with Gasteiger partial charge in [-0.1, -0.05) is 12.1 Å². The molecular weight excluding hydrogens is 270 g/mol. The first-order valence-corrected chi connectivity index (χ1v) is 6.61. The standard InChI is InChI=1S/C16H17NO4/c1-10-3-4-12(9-11(10)2)14-6-5-13(16(20)21)15(19)17(14)7-8-18/h3-6,9,18H,7-8H2,1-2H3,(H,20,21). The van der Waals surface area contributed by atoms with E-state index < -0.39 is 11.5 Å². The van der Waals surface area contributed by atoms with Gasteiger partial charge in [0.05, 0.1) is 12.3 Å². The van der Waals surface area contributed by atoms with Gasteiger partial charge < -0.3 is 14.8 Å². The fraction of sp³-hybridized carbons (Fsp3) is 0.250. The average Bonchev–Trinajstić information content (AvgIpc) is 2.44. The molecule has 5 nitrogen and oxygen atoms in total. The first-order valence-electron chi connectivity index (χ1n) is 6.61. The third-order valence-corrected chi connectivity index (χ3v) is 3.53. The van der Waals surface area contributed by atoms with Crippen molar-refractivity contribution >= 4 is 5.97 Å². The number of aromatic carboxylic acids is 1. The molecule has 2 N–H and O–H groups in total. The Morgan fingerprint density at radius 3 is 2.43 bits per heavy atom. The molecule has 0 atom stereocenters. The van der Waals surface area contributed by atoms with Gasteiger partial charge in [-0.2, -0.15) is 0 Å². The Bertz CT molecular complexity index is 746. The number of aliphatic hydroxyl groups excluding tert-OH is 1. The van der Waals surface area contributed by atoms with Crippen LogP contribution in [0.25, 0.3) is 11.3 Å². The SMILES string of the molecule is Cc1ccc(-c2ccc(C(=O)O)c(=O)n2CCO)cc1C. The molecule has 0 aliphatic heterocycles. The maximum atomic E-state index is 12.2. The Morgan fingerprint density at radius 1 is 1.14 bits per heavy atom. The van der Waals surface area contributed by atoms with Crippen LogP contribution in [-0.4, -0.2) is 27.4 Å².